The summed E-state index contributed by atoms with van der Waals surface area (Å²) in [4.78, 5) is 0. The van der Waals surface area contributed by atoms with Crippen molar-refractivity contribution in [3.63, 3.8) is 0 Å². The fourth-order valence-electron chi connectivity index (χ4n) is 2.32. The molecule has 0 amide bonds. The van der Waals surface area contributed by atoms with Gasteiger partial charge in [-0.3, -0.25) is 0 Å². The molecule has 0 fully saturated rings. The van der Waals surface area contributed by atoms with Gasteiger partial charge in [0.25, 0.3) is 0 Å². The Balaban J connectivity index is 2.54. The summed E-state index contributed by atoms with van der Waals surface area (Å²) in [6, 6.07) is 10.8. The summed E-state index contributed by atoms with van der Waals surface area (Å²) >= 11 is 0. The minimum absolute atomic E-state index is 0.290. The molecule has 1 unspecified atom stereocenters. The maximum Gasteiger partial charge on any atom is 0.126 e. The Hall–Kier alpha value is -1.67. The summed E-state index contributed by atoms with van der Waals surface area (Å²) < 4.78 is 13.7. The molecule has 2 aromatic rings. The van der Waals surface area contributed by atoms with Gasteiger partial charge in [-0.05, 0) is 50.5 Å². The van der Waals surface area contributed by atoms with Gasteiger partial charge in [0.05, 0.1) is 0 Å². The molecule has 1 atom stereocenters. The van der Waals surface area contributed by atoms with Crippen molar-refractivity contribution in [2.75, 3.05) is 0 Å². The lowest BCUT2D eigenvalue weighted by Crippen LogP contribution is -2.23. The van der Waals surface area contributed by atoms with Crippen molar-refractivity contribution in [1.82, 2.24) is 0 Å². The molecule has 1 N–H and O–H groups in total. The number of rotatable bonds is 2. The Morgan fingerprint density at radius 2 is 1.47 bits per heavy atom. The molecule has 0 aromatic heterocycles. The van der Waals surface area contributed by atoms with E-state index < -0.39 is 5.60 Å². The molecule has 19 heavy (non-hydrogen) atoms. The van der Waals surface area contributed by atoms with Crippen LogP contribution < -0.4 is 0 Å². The van der Waals surface area contributed by atoms with E-state index in [0.29, 0.717) is 11.1 Å². The van der Waals surface area contributed by atoms with E-state index in [1.807, 2.05) is 26.0 Å². The molecule has 0 spiro atoms. The number of halogens is 1. The predicted octanol–water partition coefficient (Wildman–Crippen LogP) is 4.01. The molecule has 1 nitrogen and oxygen atoms in total. The van der Waals surface area contributed by atoms with Gasteiger partial charge in [0.1, 0.15) is 11.4 Å². The van der Waals surface area contributed by atoms with Crippen LogP contribution in [0.4, 0.5) is 4.39 Å². The van der Waals surface area contributed by atoms with E-state index in [0.717, 1.165) is 16.7 Å². The van der Waals surface area contributed by atoms with Crippen molar-refractivity contribution in [3.05, 3.63) is 70.0 Å². The molecular formula is C17H19FO. The highest BCUT2D eigenvalue weighted by Gasteiger charge is 2.26. The van der Waals surface area contributed by atoms with E-state index in [1.165, 1.54) is 6.07 Å². The van der Waals surface area contributed by atoms with E-state index >= 15 is 0 Å². The first kappa shape index (κ1) is 13.8. The van der Waals surface area contributed by atoms with E-state index in [1.54, 1.807) is 26.0 Å². The van der Waals surface area contributed by atoms with Crippen LogP contribution in [0.15, 0.2) is 36.4 Å². The van der Waals surface area contributed by atoms with Gasteiger partial charge in [-0.15, -0.1) is 0 Å². The highest BCUT2D eigenvalue weighted by Crippen LogP contribution is 2.31. The van der Waals surface area contributed by atoms with Crippen molar-refractivity contribution >= 4 is 0 Å². The maximum absolute atomic E-state index is 13.7. The number of hydrogen-bond acceptors (Lipinski definition) is 1. The summed E-state index contributed by atoms with van der Waals surface area (Å²) in [6.07, 6.45) is 0. The summed E-state index contributed by atoms with van der Waals surface area (Å²) in [6.45, 7) is 7.39. The van der Waals surface area contributed by atoms with E-state index in [-0.39, 0.29) is 5.82 Å². The van der Waals surface area contributed by atoms with Gasteiger partial charge in [-0.2, -0.15) is 0 Å². The van der Waals surface area contributed by atoms with E-state index in [2.05, 4.69) is 6.07 Å². The molecule has 2 aromatic carbocycles. The Morgan fingerprint density at radius 3 is 2.00 bits per heavy atom. The lowest BCUT2D eigenvalue weighted by atomic mass is 9.86. The van der Waals surface area contributed by atoms with Crippen LogP contribution in [0.1, 0.15) is 34.7 Å². The van der Waals surface area contributed by atoms with Crippen molar-refractivity contribution in [1.29, 1.82) is 0 Å². The molecule has 0 saturated heterocycles. The van der Waals surface area contributed by atoms with Crippen LogP contribution in [0.25, 0.3) is 0 Å². The minimum atomic E-state index is -1.19. The molecule has 0 aliphatic heterocycles. The van der Waals surface area contributed by atoms with Crippen molar-refractivity contribution in [3.8, 4) is 0 Å². The maximum atomic E-state index is 13.7. The van der Waals surface area contributed by atoms with Crippen LogP contribution in [0.2, 0.25) is 0 Å². The molecule has 2 heteroatoms. The topological polar surface area (TPSA) is 20.2 Å². The third-order valence-corrected chi connectivity index (χ3v) is 3.52. The van der Waals surface area contributed by atoms with Gasteiger partial charge in [0, 0.05) is 0 Å². The summed E-state index contributed by atoms with van der Waals surface area (Å²) in [5, 5.41) is 10.8. The zero-order chi connectivity index (χ0) is 14.2. The number of hydrogen-bond donors (Lipinski definition) is 1. The molecule has 0 bridgehead atoms. The Labute approximate surface area is 113 Å². The molecule has 0 aliphatic carbocycles. The lowest BCUT2D eigenvalue weighted by Gasteiger charge is -2.25. The first-order valence-corrected chi connectivity index (χ1v) is 6.38. The van der Waals surface area contributed by atoms with Gasteiger partial charge in [-0.1, -0.05) is 41.5 Å². The van der Waals surface area contributed by atoms with Crippen molar-refractivity contribution < 1.29 is 9.50 Å². The summed E-state index contributed by atoms with van der Waals surface area (Å²) in [7, 11) is 0. The van der Waals surface area contributed by atoms with Gasteiger partial charge in [0.2, 0.25) is 0 Å². The predicted molar refractivity (Wildman–Crippen MR) is 75.7 cm³/mol. The quantitative estimate of drug-likeness (QED) is 0.863. The Bertz CT molecular complexity index is 594. The first-order chi connectivity index (χ1) is 8.80. The lowest BCUT2D eigenvalue weighted by molar-refractivity contribution is 0.102. The second-order valence-electron chi connectivity index (χ2n) is 5.41. The molecule has 0 heterocycles. The van der Waals surface area contributed by atoms with Gasteiger partial charge >= 0.3 is 0 Å². The van der Waals surface area contributed by atoms with Crippen LogP contribution in [-0.4, -0.2) is 5.11 Å². The Morgan fingerprint density at radius 1 is 0.895 bits per heavy atom. The van der Waals surface area contributed by atoms with E-state index in [4.69, 9.17) is 0 Å². The second kappa shape index (κ2) is 4.78. The molecule has 2 rings (SSSR count). The summed E-state index contributed by atoms with van der Waals surface area (Å²) in [5.74, 6) is -0.290. The average molecular weight is 258 g/mol. The molecule has 0 saturated carbocycles. The van der Waals surface area contributed by atoms with Crippen molar-refractivity contribution in [2.24, 2.45) is 0 Å². The Kier molecular flexibility index (Phi) is 3.46. The zero-order valence-corrected chi connectivity index (χ0v) is 11.8. The monoisotopic (exact) mass is 258 g/mol. The fourth-order valence-corrected chi connectivity index (χ4v) is 2.32. The standard InChI is InChI=1S/C17H19FO/c1-11-7-12(2)9-15(8-11)17(4,19)14-6-5-13(3)16(18)10-14/h5-10,19H,1-4H3. The van der Waals surface area contributed by atoms with Crippen LogP contribution in [0, 0.1) is 26.6 Å². The van der Waals surface area contributed by atoms with Gasteiger partial charge < -0.3 is 5.11 Å². The van der Waals surface area contributed by atoms with Crippen LogP contribution in [-0.2, 0) is 5.60 Å². The molecule has 100 valence electrons. The van der Waals surface area contributed by atoms with Crippen molar-refractivity contribution in [2.45, 2.75) is 33.3 Å². The van der Waals surface area contributed by atoms with E-state index in [9.17, 15) is 9.50 Å². The normalized spacial score (nSPS) is 14.2. The molecular weight excluding hydrogens is 239 g/mol. The fraction of sp³-hybridized carbons (Fsp3) is 0.294. The highest BCUT2D eigenvalue weighted by atomic mass is 19.1. The van der Waals surface area contributed by atoms with Crippen LogP contribution in [0.3, 0.4) is 0 Å². The largest absolute Gasteiger partial charge is 0.381 e. The average Bonchev–Trinajstić information content (AvgIpc) is 2.31. The third kappa shape index (κ3) is 2.69. The van der Waals surface area contributed by atoms with Gasteiger partial charge in [0.15, 0.2) is 0 Å². The number of benzene rings is 2. The number of aryl methyl sites for hydroxylation is 3. The van der Waals surface area contributed by atoms with Crippen LogP contribution >= 0.6 is 0 Å². The highest BCUT2D eigenvalue weighted by molar-refractivity contribution is 5.40. The van der Waals surface area contributed by atoms with Crippen LogP contribution in [0.5, 0.6) is 0 Å². The third-order valence-electron chi connectivity index (χ3n) is 3.52. The van der Waals surface area contributed by atoms with Gasteiger partial charge in [-0.25, -0.2) is 4.39 Å². The number of aliphatic hydroxyl groups is 1. The first-order valence-electron chi connectivity index (χ1n) is 6.38. The smallest absolute Gasteiger partial charge is 0.126 e. The SMILES string of the molecule is Cc1cc(C)cc(C(C)(O)c2ccc(C)c(F)c2)c1. The molecule has 0 radical (unpaired) electrons. The molecule has 0 aliphatic rings. The summed E-state index contributed by atoms with van der Waals surface area (Å²) in [5.41, 5.74) is 2.92. The second-order valence-corrected chi connectivity index (χ2v) is 5.41. The minimum Gasteiger partial charge on any atom is -0.381 e. The zero-order valence-electron chi connectivity index (χ0n) is 11.8.